The molecule has 1 fully saturated rings. The molecule has 4 nitrogen and oxygen atoms in total. The summed E-state index contributed by atoms with van der Waals surface area (Å²) in [6.45, 7) is 3.83. The molecule has 4 N–H and O–H groups in total. The van der Waals surface area contributed by atoms with Crippen LogP contribution in [0.2, 0.25) is 0 Å². The van der Waals surface area contributed by atoms with Gasteiger partial charge in [0.25, 0.3) is 5.91 Å². The van der Waals surface area contributed by atoms with Crippen LogP contribution in [0.1, 0.15) is 23.7 Å². The summed E-state index contributed by atoms with van der Waals surface area (Å²) in [6.07, 6.45) is 1.06. The molecular formula is C13H18BrN3O. The van der Waals surface area contributed by atoms with E-state index >= 15 is 0 Å². The molecule has 1 amide bonds. The lowest BCUT2D eigenvalue weighted by Gasteiger charge is -2.22. The number of benzene rings is 1. The third kappa shape index (κ3) is 2.52. The Morgan fingerprint density at radius 3 is 2.83 bits per heavy atom. The van der Waals surface area contributed by atoms with Crippen molar-refractivity contribution in [1.82, 2.24) is 0 Å². The Balaban J connectivity index is 2.30. The van der Waals surface area contributed by atoms with Crippen molar-refractivity contribution in [3.63, 3.8) is 0 Å². The Bertz CT molecular complexity index is 462. The largest absolute Gasteiger partial charge is 0.371 e. The highest BCUT2D eigenvalue weighted by Crippen LogP contribution is 2.31. The SMILES string of the molecule is CC(N)C1CCN(c2cccc(Br)c2C(N)=O)C1. The fraction of sp³-hybridized carbons (Fsp3) is 0.462. The third-order valence-electron chi connectivity index (χ3n) is 3.55. The molecule has 2 unspecified atom stereocenters. The van der Waals surface area contributed by atoms with Gasteiger partial charge in [-0.25, -0.2) is 0 Å². The molecule has 1 saturated heterocycles. The van der Waals surface area contributed by atoms with Crippen LogP contribution in [0, 0.1) is 5.92 Å². The van der Waals surface area contributed by atoms with Crippen LogP contribution in [-0.2, 0) is 0 Å². The van der Waals surface area contributed by atoms with E-state index < -0.39 is 5.91 Å². The second-order valence-electron chi connectivity index (χ2n) is 4.85. The Morgan fingerprint density at radius 2 is 2.28 bits per heavy atom. The highest BCUT2D eigenvalue weighted by molar-refractivity contribution is 9.10. The van der Waals surface area contributed by atoms with Crippen molar-refractivity contribution in [3.05, 3.63) is 28.2 Å². The second kappa shape index (κ2) is 5.28. The van der Waals surface area contributed by atoms with E-state index in [9.17, 15) is 4.79 Å². The smallest absolute Gasteiger partial charge is 0.251 e. The molecule has 2 rings (SSSR count). The summed E-state index contributed by atoms with van der Waals surface area (Å²) in [5.74, 6) is 0.0754. The van der Waals surface area contributed by atoms with E-state index in [-0.39, 0.29) is 6.04 Å². The minimum atomic E-state index is -0.401. The van der Waals surface area contributed by atoms with Crippen molar-refractivity contribution in [2.24, 2.45) is 17.4 Å². The third-order valence-corrected chi connectivity index (χ3v) is 4.21. The summed E-state index contributed by atoms with van der Waals surface area (Å²) in [7, 11) is 0. The van der Waals surface area contributed by atoms with Crippen LogP contribution in [0.15, 0.2) is 22.7 Å². The summed E-state index contributed by atoms with van der Waals surface area (Å²) in [5.41, 5.74) is 12.9. The molecule has 0 spiro atoms. The number of halogens is 1. The van der Waals surface area contributed by atoms with Gasteiger partial charge in [-0.1, -0.05) is 6.07 Å². The molecule has 0 saturated carbocycles. The highest BCUT2D eigenvalue weighted by atomic mass is 79.9. The monoisotopic (exact) mass is 311 g/mol. The lowest BCUT2D eigenvalue weighted by Crippen LogP contribution is -2.30. The molecule has 1 heterocycles. The molecule has 18 heavy (non-hydrogen) atoms. The summed E-state index contributed by atoms with van der Waals surface area (Å²) in [6, 6.07) is 5.88. The van der Waals surface area contributed by atoms with Gasteiger partial charge in [0, 0.05) is 23.6 Å². The van der Waals surface area contributed by atoms with Crippen LogP contribution in [0.3, 0.4) is 0 Å². The lowest BCUT2D eigenvalue weighted by atomic mass is 10.0. The van der Waals surface area contributed by atoms with Gasteiger partial charge in [0.15, 0.2) is 0 Å². The number of hydrogen-bond acceptors (Lipinski definition) is 3. The van der Waals surface area contributed by atoms with Gasteiger partial charge in [0.2, 0.25) is 0 Å². The van der Waals surface area contributed by atoms with Crippen LogP contribution in [0.4, 0.5) is 5.69 Å². The number of anilines is 1. The maximum absolute atomic E-state index is 11.6. The number of primary amides is 1. The summed E-state index contributed by atoms with van der Waals surface area (Å²) in [5, 5.41) is 0. The van der Waals surface area contributed by atoms with Crippen LogP contribution in [0.5, 0.6) is 0 Å². The van der Waals surface area contributed by atoms with Crippen LogP contribution in [-0.4, -0.2) is 25.0 Å². The zero-order valence-corrected chi connectivity index (χ0v) is 12.0. The van der Waals surface area contributed by atoms with Gasteiger partial charge in [0.1, 0.15) is 0 Å². The average Bonchev–Trinajstić information content (AvgIpc) is 2.77. The first-order valence-electron chi connectivity index (χ1n) is 6.09. The van der Waals surface area contributed by atoms with Crippen molar-refractivity contribution < 1.29 is 4.79 Å². The standard InChI is InChI=1S/C13H18BrN3O/c1-8(15)9-5-6-17(7-9)11-4-2-3-10(14)12(11)13(16)18/h2-4,8-9H,5-7,15H2,1H3,(H2,16,18). The van der Waals surface area contributed by atoms with Gasteiger partial charge >= 0.3 is 0 Å². The van der Waals surface area contributed by atoms with Gasteiger partial charge in [0.05, 0.1) is 11.3 Å². The Hall–Kier alpha value is -1.07. The summed E-state index contributed by atoms with van der Waals surface area (Å²) in [4.78, 5) is 13.7. The molecule has 2 atom stereocenters. The Morgan fingerprint density at radius 1 is 1.56 bits per heavy atom. The zero-order chi connectivity index (χ0) is 13.3. The molecule has 1 aromatic rings. The van der Waals surface area contributed by atoms with Gasteiger partial charge in [-0.2, -0.15) is 0 Å². The fourth-order valence-corrected chi connectivity index (χ4v) is 3.01. The molecule has 0 bridgehead atoms. The predicted octanol–water partition coefficient (Wildman–Crippen LogP) is 1.72. The molecule has 1 aromatic carbocycles. The number of nitrogens with two attached hydrogens (primary N) is 2. The summed E-state index contributed by atoms with van der Waals surface area (Å²) < 4.78 is 0.747. The van der Waals surface area contributed by atoms with E-state index in [2.05, 4.69) is 20.8 Å². The molecule has 0 aliphatic carbocycles. The number of amides is 1. The van der Waals surface area contributed by atoms with E-state index in [0.717, 1.165) is 29.7 Å². The first-order valence-corrected chi connectivity index (χ1v) is 6.89. The number of rotatable bonds is 3. The Kier molecular flexibility index (Phi) is 3.92. The van der Waals surface area contributed by atoms with E-state index in [1.54, 1.807) is 0 Å². The first kappa shape index (κ1) is 13.4. The van der Waals surface area contributed by atoms with Crippen molar-refractivity contribution in [3.8, 4) is 0 Å². The van der Waals surface area contributed by atoms with Gasteiger partial charge < -0.3 is 16.4 Å². The second-order valence-corrected chi connectivity index (χ2v) is 5.71. The van der Waals surface area contributed by atoms with Crippen LogP contribution >= 0.6 is 15.9 Å². The normalized spacial score (nSPS) is 21.1. The molecule has 5 heteroatoms. The first-order chi connectivity index (χ1) is 8.50. The molecule has 1 aliphatic heterocycles. The van der Waals surface area contributed by atoms with Crippen LogP contribution in [0.25, 0.3) is 0 Å². The van der Waals surface area contributed by atoms with Crippen molar-refractivity contribution in [1.29, 1.82) is 0 Å². The predicted molar refractivity (Wildman–Crippen MR) is 76.6 cm³/mol. The van der Waals surface area contributed by atoms with E-state index in [4.69, 9.17) is 11.5 Å². The summed E-state index contributed by atoms with van der Waals surface area (Å²) >= 11 is 3.39. The average molecular weight is 312 g/mol. The maximum Gasteiger partial charge on any atom is 0.251 e. The number of carbonyl (C=O) groups excluding carboxylic acids is 1. The number of hydrogen-bond donors (Lipinski definition) is 2. The molecular weight excluding hydrogens is 294 g/mol. The van der Waals surface area contributed by atoms with Gasteiger partial charge in [-0.15, -0.1) is 0 Å². The number of carbonyl (C=O) groups is 1. The molecule has 98 valence electrons. The van der Waals surface area contributed by atoms with Crippen molar-refractivity contribution in [2.75, 3.05) is 18.0 Å². The van der Waals surface area contributed by atoms with Gasteiger partial charge in [-0.05, 0) is 47.3 Å². The topological polar surface area (TPSA) is 72.3 Å². The quantitative estimate of drug-likeness (QED) is 0.892. The Labute approximate surface area is 115 Å². The van der Waals surface area contributed by atoms with Crippen LogP contribution < -0.4 is 16.4 Å². The van der Waals surface area contributed by atoms with Crippen molar-refractivity contribution >= 4 is 27.5 Å². The fourth-order valence-electron chi connectivity index (χ4n) is 2.46. The minimum absolute atomic E-state index is 0.180. The van der Waals surface area contributed by atoms with E-state index in [0.29, 0.717) is 11.5 Å². The lowest BCUT2D eigenvalue weighted by molar-refractivity contribution is 0.1000. The highest BCUT2D eigenvalue weighted by Gasteiger charge is 2.27. The van der Waals surface area contributed by atoms with Gasteiger partial charge in [-0.3, -0.25) is 4.79 Å². The molecule has 0 radical (unpaired) electrons. The molecule has 0 aromatic heterocycles. The van der Waals surface area contributed by atoms with E-state index in [1.165, 1.54) is 0 Å². The van der Waals surface area contributed by atoms with Crippen molar-refractivity contribution in [2.45, 2.75) is 19.4 Å². The molecule has 1 aliphatic rings. The minimum Gasteiger partial charge on any atom is -0.371 e. The number of nitrogens with zero attached hydrogens (tertiary/aromatic N) is 1. The maximum atomic E-state index is 11.6. The van der Waals surface area contributed by atoms with E-state index in [1.807, 2.05) is 25.1 Å². The zero-order valence-electron chi connectivity index (χ0n) is 10.4.